The summed E-state index contributed by atoms with van der Waals surface area (Å²) in [5.74, 6) is -0.372. The predicted molar refractivity (Wildman–Crippen MR) is 148 cm³/mol. The average molecular weight is 529 g/mol. The lowest BCUT2D eigenvalue weighted by molar-refractivity contribution is 0.0986. The molecule has 0 spiro atoms. The summed E-state index contributed by atoms with van der Waals surface area (Å²) in [5.41, 5.74) is 4.04. The van der Waals surface area contributed by atoms with E-state index >= 15 is 0 Å². The van der Waals surface area contributed by atoms with Gasteiger partial charge in [-0.3, -0.25) is 19.4 Å². The minimum Gasteiger partial charge on any atom is -0.279 e. The van der Waals surface area contributed by atoms with Crippen molar-refractivity contribution in [2.24, 2.45) is 0 Å². The number of hydrogen-bond acceptors (Lipinski definition) is 6. The number of para-hydroxylation sites is 2. The van der Waals surface area contributed by atoms with Gasteiger partial charge in [0, 0.05) is 12.4 Å². The van der Waals surface area contributed by atoms with Gasteiger partial charge in [0.05, 0.1) is 32.9 Å². The van der Waals surface area contributed by atoms with Crippen molar-refractivity contribution in [3.05, 3.63) is 114 Å². The third kappa shape index (κ3) is 5.23. The largest absolute Gasteiger partial charge is 0.279 e. The van der Waals surface area contributed by atoms with Gasteiger partial charge in [0.1, 0.15) is 0 Å². The topological polar surface area (TPSA) is 92.3 Å². The number of carbonyl (C=O) groups excluding carboxylic acids is 1. The van der Waals surface area contributed by atoms with Crippen LogP contribution in [0.1, 0.15) is 27.0 Å². The van der Waals surface area contributed by atoms with Crippen molar-refractivity contribution in [3.8, 4) is 0 Å². The molecular formula is C28H24N4O3S2. The Morgan fingerprint density at radius 2 is 1.73 bits per heavy atom. The summed E-state index contributed by atoms with van der Waals surface area (Å²) < 4.78 is 29.8. The van der Waals surface area contributed by atoms with Crippen LogP contribution in [0.5, 0.6) is 0 Å². The zero-order valence-electron chi connectivity index (χ0n) is 20.3. The number of pyridine rings is 1. The second-order valence-electron chi connectivity index (χ2n) is 8.63. The number of nitrogens with zero attached hydrogens (tertiary/aromatic N) is 3. The fourth-order valence-electron chi connectivity index (χ4n) is 3.92. The minimum atomic E-state index is -3.91. The van der Waals surface area contributed by atoms with Crippen molar-refractivity contribution >= 4 is 48.3 Å². The predicted octanol–water partition coefficient (Wildman–Crippen LogP) is 5.96. The third-order valence-electron chi connectivity index (χ3n) is 5.88. The molecule has 7 nitrogen and oxygen atoms in total. The summed E-state index contributed by atoms with van der Waals surface area (Å²) in [6.45, 7) is 4.09. The highest BCUT2D eigenvalue weighted by Crippen LogP contribution is 2.33. The van der Waals surface area contributed by atoms with Crippen molar-refractivity contribution in [2.45, 2.75) is 25.3 Å². The van der Waals surface area contributed by atoms with E-state index in [0.29, 0.717) is 5.13 Å². The highest BCUT2D eigenvalue weighted by molar-refractivity contribution is 7.92. The molecule has 0 fully saturated rings. The molecule has 0 aliphatic carbocycles. The van der Waals surface area contributed by atoms with Crippen molar-refractivity contribution in [3.63, 3.8) is 0 Å². The molecule has 5 aromatic rings. The van der Waals surface area contributed by atoms with Gasteiger partial charge in [-0.05, 0) is 61.4 Å². The minimum absolute atomic E-state index is 0.120. The first-order valence-corrected chi connectivity index (χ1v) is 13.9. The van der Waals surface area contributed by atoms with E-state index in [1.807, 2.05) is 44.2 Å². The van der Waals surface area contributed by atoms with Gasteiger partial charge < -0.3 is 0 Å². The maximum Gasteiger partial charge on any atom is 0.262 e. The molecule has 1 amide bonds. The summed E-state index contributed by atoms with van der Waals surface area (Å²) in [5, 5.41) is 0.523. The quantitative estimate of drug-likeness (QED) is 0.282. The number of aryl methyl sites for hydroxylation is 2. The summed E-state index contributed by atoms with van der Waals surface area (Å²) >= 11 is 1.41. The molecule has 0 radical (unpaired) electrons. The van der Waals surface area contributed by atoms with E-state index in [4.69, 9.17) is 4.98 Å². The smallest absolute Gasteiger partial charge is 0.262 e. The van der Waals surface area contributed by atoms with Crippen LogP contribution < -0.4 is 9.62 Å². The van der Waals surface area contributed by atoms with Gasteiger partial charge in [-0.2, -0.15) is 0 Å². The Bertz CT molecular complexity index is 1680. The van der Waals surface area contributed by atoms with Gasteiger partial charge in [0.15, 0.2) is 5.13 Å². The van der Waals surface area contributed by atoms with Crippen LogP contribution in [0, 0.1) is 13.8 Å². The molecule has 3 aromatic carbocycles. The Morgan fingerprint density at radius 1 is 0.946 bits per heavy atom. The normalized spacial score (nSPS) is 11.4. The Balaban J connectivity index is 1.55. The first-order valence-electron chi connectivity index (χ1n) is 11.6. The van der Waals surface area contributed by atoms with Crippen molar-refractivity contribution in [2.75, 3.05) is 9.62 Å². The van der Waals surface area contributed by atoms with Crippen LogP contribution in [0.4, 0.5) is 10.8 Å². The molecule has 186 valence electrons. The maximum atomic E-state index is 14.0. The molecule has 0 saturated carbocycles. The van der Waals surface area contributed by atoms with E-state index in [0.717, 1.165) is 26.9 Å². The molecule has 37 heavy (non-hydrogen) atoms. The lowest BCUT2D eigenvalue weighted by Gasteiger charge is -2.22. The first kappa shape index (κ1) is 24.6. The maximum absolute atomic E-state index is 14.0. The molecule has 2 aromatic heterocycles. The number of rotatable bonds is 7. The number of thiazole rings is 1. The summed E-state index contributed by atoms with van der Waals surface area (Å²) in [7, 11) is -3.91. The summed E-state index contributed by atoms with van der Waals surface area (Å²) in [4.78, 5) is 24.7. The van der Waals surface area contributed by atoms with Gasteiger partial charge >= 0.3 is 0 Å². The van der Waals surface area contributed by atoms with E-state index in [2.05, 4.69) is 9.71 Å². The van der Waals surface area contributed by atoms with Crippen LogP contribution in [0.15, 0.2) is 96.2 Å². The molecule has 0 atom stereocenters. The summed E-state index contributed by atoms with van der Waals surface area (Å²) in [6, 6.07) is 22.8. The van der Waals surface area contributed by atoms with Gasteiger partial charge in [-0.1, -0.05) is 59.4 Å². The molecular weight excluding hydrogens is 504 g/mol. The van der Waals surface area contributed by atoms with E-state index in [-0.39, 0.29) is 28.6 Å². The second kappa shape index (κ2) is 10.1. The van der Waals surface area contributed by atoms with Crippen LogP contribution in [-0.2, 0) is 16.6 Å². The highest BCUT2D eigenvalue weighted by Gasteiger charge is 2.26. The Kier molecular flexibility index (Phi) is 6.73. The van der Waals surface area contributed by atoms with E-state index < -0.39 is 10.0 Å². The standard InChI is InChI=1S/C28H24N4O3S2/c1-19-12-14-22(15-13-19)37(34,35)31-24-10-4-3-9-23(24)27(33)32(18-21-8-6-16-29-17-21)28-30-26-20(2)7-5-11-25(26)36-28/h3-17,31H,18H2,1-2H3. The van der Waals surface area contributed by atoms with Crippen molar-refractivity contribution < 1.29 is 13.2 Å². The monoisotopic (exact) mass is 528 g/mol. The molecule has 0 bridgehead atoms. The number of carbonyl (C=O) groups is 1. The first-order chi connectivity index (χ1) is 17.8. The number of hydrogen-bond donors (Lipinski definition) is 1. The van der Waals surface area contributed by atoms with Gasteiger partial charge in [-0.15, -0.1) is 0 Å². The second-order valence-corrected chi connectivity index (χ2v) is 11.3. The average Bonchev–Trinajstić information content (AvgIpc) is 3.33. The van der Waals surface area contributed by atoms with Gasteiger partial charge in [0.2, 0.25) is 0 Å². The van der Waals surface area contributed by atoms with E-state index in [1.54, 1.807) is 65.8 Å². The number of anilines is 2. The zero-order chi connectivity index (χ0) is 26.0. The molecule has 0 unspecified atom stereocenters. The van der Waals surface area contributed by atoms with Gasteiger partial charge in [0.25, 0.3) is 15.9 Å². The van der Waals surface area contributed by atoms with Crippen LogP contribution in [0.3, 0.4) is 0 Å². The summed E-state index contributed by atoms with van der Waals surface area (Å²) in [6.07, 6.45) is 3.37. The number of amides is 1. The lowest BCUT2D eigenvalue weighted by atomic mass is 10.1. The molecule has 5 rings (SSSR count). The number of fused-ring (bicyclic) bond motifs is 1. The van der Waals surface area contributed by atoms with Crippen LogP contribution in [0.25, 0.3) is 10.2 Å². The van der Waals surface area contributed by atoms with Crippen molar-refractivity contribution in [1.82, 2.24) is 9.97 Å². The fourth-order valence-corrected chi connectivity index (χ4v) is 6.04. The molecule has 9 heteroatoms. The van der Waals surface area contributed by atoms with Gasteiger partial charge in [-0.25, -0.2) is 13.4 Å². The van der Waals surface area contributed by atoms with E-state index in [9.17, 15) is 13.2 Å². The molecule has 1 N–H and O–H groups in total. The number of benzene rings is 3. The number of sulfonamides is 1. The van der Waals surface area contributed by atoms with E-state index in [1.165, 1.54) is 11.3 Å². The number of nitrogens with one attached hydrogen (secondary N) is 1. The third-order valence-corrected chi connectivity index (χ3v) is 8.31. The molecule has 0 saturated heterocycles. The van der Waals surface area contributed by atoms with Crippen LogP contribution in [-0.4, -0.2) is 24.3 Å². The van der Waals surface area contributed by atoms with Crippen LogP contribution in [0.2, 0.25) is 0 Å². The van der Waals surface area contributed by atoms with Crippen LogP contribution >= 0.6 is 11.3 Å². The lowest BCUT2D eigenvalue weighted by Crippen LogP contribution is -2.31. The zero-order valence-corrected chi connectivity index (χ0v) is 21.9. The SMILES string of the molecule is Cc1ccc(S(=O)(=O)Nc2ccccc2C(=O)N(Cc2cccnc2)c2nc3c(C)cccc3s2)cc1. The fraction of sp³-hybridized carbons (Fsp3) is 0.107. The Morgan fingerprint density at radius 3 is 2.46 bits per heavy atom. The molecule has 0 aliphatic rings. The number of aromatic nitrogens is 2. The molecule has 0 aliphatic heterocycles. The van der Waals surface area contributed by atoms with Crippen molar-refractivity contribution in [1.29, 1.82) is 0 Å². The molecule has 2 heterocycles. The Hall–Kier alpha value is -4.08. The Labute approximate surface area is 219 Å². The highest BCUT2D eigenvalue weighted by atomic mass is 32.2.